The molecular formula is C22H14Cl2N2O3S2. The summed E-state index contributed by atoms with van der Waals surface area (Å²) in [6.45, 7) is 0. The van der Waals surface area contributed by atoms with Crippen LogP contribution in [0.2, 0.25) is 10.0 Å². The van der Waals surface area contributed by atoms with Gasteiger partial charge in [0, 0.05) is 6.08 Å². The van der Waals surface area contributed by atoms with Gasteiger partial charge in [-0.1, -0.05) is 71.4 Å². The Hall–Kier alpha value is -2.58. The number of hydrogen-bond donors (Lipinski definition) is 1. The highest BCUT2D eigenvalue weighted by Crippen LogP contribution is 2.37. The van der Waals surface area contributed by atoms with E-state index in [0.29, 0.717) is 32.0 Å². The fraction of sp³-hybridized carbons (Fsp3) is 0.0455. The second-order valence-electron chi connectivity index (χ2n) is 6.51. The van der Waals surface area contributed by atoms with Crippen LogP contribution in [0.1, 0.15) is 11.3 Å². The molecule has 0 saturated carbocycles. The lowest BCUT2D eigenvalue weighted by molar-refractivity contribution is -0.132. The Kier molecular flexibility index (Phi) is 6.48. The normalized spacial score (nSPS) is 15.0. The summed E-state index contributed by atoms with van der Waals surface area (Å²) in [7, 11) is 0. The molecule has 1 aromatic heterocycles. The summed E-state index contributed by atoms with van der Waals surface area (Å²) in [5.41, 5.74) is 3.98. The van der Waals surface area contributed by atoms with E-state index < -0.39 is 5.91 Å². The van der Waals surface area contributed by atoms with Crippen molar-refractivity contribution in [2.75, 3.05) is 0 Å². The van der Waals surface area contributed by atoms with Crippen LogP contribution in [0.15, 0.2) is 70.0 Å². The van der Waals surface area contributed by atoms with Crippen molar-refractivity contribution < 1.29 is 14.0 Å². The van der Waals surface area contributed by atoms with E-state index in [1.807, 2.05) is 30.3 Å². The lowest BCUT2D eigenvalue weighted by atomic mass is 10.1. The molecule has 31 heavy (non-hydrogen) atoms. The minimum Gasteiger partial charge on any atom is -0.457 e. The number of nitrogens with zero attached hydrogens (tertiary/aromatic N) is 1. The molecule has 0 radical (unpaired) electrons. The Balaban J connectivity index is 1.49. The molecule has 3 aromatic rings. The van der Waals surface area contributed by atoms with Crippen molar-refractivity contribution >= 4 is 69.4 Å². The first-order valence-corrected chi connectivity index (χ1v) is 11.1. The zero-order chi connectivity index (χ0) is 22.0. The summed E-state index contributed by atoms with van der Waals surface area (Å²) in [6, 6.07) is 17.8. The van der Waals surface area contributed by atoms with Gasteiger partial charge in [-0.3, -0.25) is 15.0 Å². The Bertz CT molecular complexity index is 1190. The fourth-order valence-electron chi connectivity index (χ4n) is 2.94. The predicted octanol–water partition coefficient (Wildman–Crippen LogP) is 5.73. The molecule has 1 aliphatic rings. The number of benzene rings is 2. The van der Waals surface area contributed by atoms with Crippen LogP contribution in [0.5, 0.6) is 0 Å². The quantitative estimate of drug-likeness (QED) is 0.367. The SMILES string of the molecule is O=C(Cc1ccccc1)NN1C(=O)/C(=C/c2ccc(-c3c(Cl)cccc3Cl)o2)SC1=S. The van der Waals surface area contributed by atoms with Crippen LogP contribution >= 0.6 is 47.2 Å². The van der Waals surface area contributed by atoms with Crippen LogP contribution in [0, 0.1) is 0 Å². The maximum absolute atomic E-state index is 12.7. The van der Waals surface area contributed by atoms with Gasteiger partial charge in [0.1, 0.15) is 11.5 Å². The molecule has 0 bridgehead atoms. The highest BCUT2D eigenvalue weighted by atomic mass is 35.5. The smallest absolute Gasteiger partial charge is 0.285 e. The number of hydrazine groups is 1. The summed E-state index contributed by atoms with van der Waals surface area (Å²) >= 11 is 18.8. The monoisotopic (exact) mass is 488 g/mol. The maximum atomic E-state index is 12.7. The van der Waals surface area contributed by atoms with E-state index in [0.717, 1.165) is 22.3 Å². The first-order chi connectivity index (χ1) is 14.9. The van der Waals surface area contributed by atoms with E-state index in [9.17, 15) is 9.59 Å². The molecule has 9 heteroatoms. The van der Waals surface area contributed by atoms with Gasteiger partial charge in [-0.25, -0.2) is 0 Å². The van der Waals surface area contributed by atoms with Gasteiger partial charge >= 0.3 is 0 Å². The van der Waals surface area contributed by atoms with Gasteiger partial charge in [0.05, 0.1) is 26.9 Å². The molecule has 1 saturated heterocycles. The van der Waals surface area contributed by atoms with Gasteiger partial charge in [-0.05, 0) is 42.0 Å². The standard InChI is InChI=1S/C22H14Cl2N2O3S2/c23-15-7-4-8-16(24)20(15)17-10-9-14(29-17)12-18-21(28)26(22(30)31-18)25-19(27)11-13-5-2-1-3-6-13/h1-10,12H,11H2,(H,25,27)/b18-12-. The van der Waals surface area contributed by atoms with Crippen molar-refractivity contribution in [3.8, 4) is 11.3 Å². The summed E-state index contributed by atoms with van der Waals surface area (Å²) < 4.78 is 6.05. The highest BCUT2D eigenvalue weighted by molar-refractivity contribution is 8.26. The molecule has 0 spiro atoms. The van der Waals surface area contributed by atoms with E-state index in [2.05, 4.69) is 5.43 Å². The zero-order valence-corrected chi connectivity index (χ0v) is 18.9. The molecule has 2 amide bonds. The van der Waals surface area contributed by atoms with Crippen molar-refractivity contribution in [2.45, 2.75) is 6.42 Å². The summed E-state index contributed by atoms with van der Waals surface area (Å²) in [5.74, 6) is 0.151. The first-order valence-electron chi connectivity index (χ1n) is 9.08. The number of carbonyl (C=O) groups excluding carboxylic acids is 2. The van der Waals surface area contributed by atoms with Crippen LogP contribution in [-0.2, 0) is 16.0 Å². The van der Waals surface area contributed by atoms with Gasteiger partial charge in [-0.15, -0.1) is 0 Å². The highest BCUT2D eigenvalue weighted by Gasteiger charge is 2.34. The Morgan fingerprint density at radius 2 is 1.77 bits per heavy atom. The van der Waals surface area contributed by atoms with Crippen molar-refractivity contribution in [1.29, 1.82) is 0 Å². The van der Waals surface area contributed by atoms with Gasteiger partial charge in [0.15, 0.2) is 4.32 Å². The number of carbonyl (C=O) groups is 2. The molecule has 2 heterocycles. The van der Waals surface area contributed by atoms with Crippen molar-refractivity contribution in [2.24, 2.45) is 0 Å². The molecule has 156 valence electrons. The number of rotatable bonds is 5. The average molecular weight is 489 g/mol. The molecule has 0 atom stereocenters. The van der Waals surface area contributed by atoms with E-state index in [1.165, 1.54) is 0 Å². The molecule has 1 fully saturated rings. The number of hydrogen-bond acceptors (Lipinski definition) is 5. The molecular weight excluding hydrogens is 475 g/mol. The van der Waals surface area contributed by atoms with Gasteiger partial charge in [-0.2, -0.15) is 5.01 Å². The number of halogens is 2. The zero-order valence-electron chi connectivity index (χ0n) is 15.8. The van der Waals surface area contributed by atoms with Gasteiger partial charge in [0.25, 0.3) is 5.91 Å². The summed E-state index contributed by atoms with van der Waals surface area (Å²) in [5, 5.41) is 1.99. The Morgan fingerprint density at radius 3 is 2.48 bits per heavy atom. The Labute approximate surface area is 198 Å². The van der Waals surface area contributed by atoms with Crippen LogP contribution in [0.4, 0.5) is 0 Å². The lowest BCUT2D eigenvalue weighted by Gasteiger charge is -2.15. The largest absolute Gasteiger partial charge is 0.457 e. The van der Waals surface area contributed by atoms with E-state index in [-0.39, 0.29) is 16.6 Å². The lowest BCUT2D eigenvalue weighted by Crippen LogP contribution is -2.45. The van der Waals surface area contributed by atoms with E-state index in [4.69, 9.17) is 39.8 Å². The van der Waals surface area contributed by atoms with Crippen LogP contribution in [0.25, 0.3) is 17.4 Å². The number of nitrogens with one attached hydrogen (secondary N) is 1. The Morgan fingerprint density at radius 1 is 1.06 bits per heavy atom. The van der Waals surface area contributed by atoms with Gasteiger partial charge in [0.2, 0.25) is 5.91 Å². The van der Waals surface area contributed by atoms with Crippen molar-refractivity contribution in [3.63, 3.8) is 0 Å². The van der Waals surface area contributed by atoms with Crippen molar-refractivity contribution in [3.05, 3.63) is 86.9 Å². The molecule has 0 aliphatic carbocycles. The molecule has 1 aliphatic heterocycles. The molecule has 0 unspecified atom stereocenters. The third kappa shape index (κ3) is 4.85. The van der Waals surface area contributed by atoms with Gasteiger partial charge < -0.3 is 4.42 Å². The van der Waals surface area contributed by atoms with Crippen LogP contribution in [0.3, 0.4) is 0 Å². The summed E-state index contributed by atoms with van der Waals surface area (Å²) in [4.78, 5) is 25.4. The molecule has 5 nitrogen and oxygen atoms in total. The summed E-state index contributed by atoms with van der Waals surface area (Å²) in [6.07, 6.45) is 1.70. The minimum atomic E-state index is -0.426. The van der Waals surface area contributed by atoms with E-state index >= 15 is 0 Å². The van der Waals surface area contributed by atoms with Crippen LogP contribution in [-0.4, -0.2) is 21.1 Å². The number of thioether (sulfide) groups is 1. The number of furan rings is 1. The fourth-order valence-corrected chi connectivity index (χ4v) is 4.68. The maximum Gasteiger partial charge on any atom is 0.285 e. The number of amides is 2. The third-order valence-electron chi connectivity index (χ3n) is 4.35. The predicted molar refractivity (Wildman–Crippen MR) is 127 cm³/mol. The van der Waals surface area contributed by atoms with Crippen LogP contribution < -0.4 is 5.43 Å². The topological polar surface area (TPSA) is 62.6 Å². The third-order valence-corrected chi connectivity index (χ3v) is 6.28. The average Bonchev–Trinajstić information content (AvgIpc) is 3.29. The molecule has 2 aromatic carbocycles. The molecule has 4 rings (SSSR count). The number of thiocarbonyl (C=S) groups is 1. The minimum absolute atomic E-state index is 0.136. The van der Waals surface area contributed by atoms with E-state index in [1.54, 1.807) is 36.4 Å². The van der Waals surface area contributed by atoms with Crippen molar-refractivity contribution in [1.82, 2.24) is 10.4 Å². The first kappa shape index (κ1) is 21.6. The molecule has 1 N–H and O–H groups in total. The second-order valence-corrected chi connectivity index (χ2v) is 9.00. The second kappa shape index (κ2) is 9.28.